The van der Waals surface area contributed by atoms with Crippen LogP contribution in [-0.4, -0.2) is 42.4 Å². The summed E-state index contributed by atoms with van der Waals surface area (Å²) in [6, 6.07) is 11.6. The molecule has 5 rings (SSSR count). The number of rotatable bonds is 5. The summed E-state index contributed by atoms with van der Waals surface area (Å²) in [5, 5.41) is 5.49. The minimum atomic E-state index is -3.96. The van der Waals surface area contributed by atoms with E-state index in [0.717, 1.165) is 22.5 Å². The van der Waals surface area contributed by atoms with Crippen LogP contribution in [-0.2, 0) is 14.8 Å². The van der Waals surface area contributed by atoms with Gasteiger partial charge < -0.3 is 9.64 Å². The molecule has 1 unspecified atom stereocenters. The van der Waals surface area contributed by atoms with E-state index >= 15 is 0 Å². The molecule has 32 heavy (non-hydrogen) atoms. The lowest BCUT2D eigenvalue weighted by Crippen LogP contribution is -2.47. The number of anilines is 1. The number of nitrogens with zero attached hydrogens (tertiary/aromatic N) is 3. The molecule has 2 fully saturated rings. The second-order valence-corrected chi connectivity index (χ2v) is 10.7. The van der Waals surface area contributed by atoms with E-state index < -0.39 is 22.7 Å². The third kappa shape index (κ3) is 3.56. The normalized spacial score (nSPS) is 20.4. The molecule has 0 bridgehead atoms. The number of halogens is 3. The lowest BCUT2D eigenvalue weighted by Gasteiger charge is -2.40. The average Bonchev–Trinajstić information content (AvgIpc) is 3.36. The highest BCUT2D eigenvalue weighted by Crippen LogP contribution is 2.52. The van der Waals surface area contributed by atoms with Gasteiger partial charge in [-0.3, -0.25) is 0 Å². The summed E-state index contributed by atoms with van der Waals surface area (Å²) in [7, 11) is -3.96. The van der Waals surface area contributed by atoms with Crippen molar-refractivity contribution in [2.45, 2.75) is 55.8 Å². The van der Waals surface area contributed by atoms with Crippen LogP contribution >= 0.6 is 11.6 Å². The van der Waals surface area contributed by atoms with Gasteiger partial charge in [0, 0.05) is 12.1 Å². The first-order chi connectivity index (χ1) is 15.2. The predicted molar refractivity (Wildman–Crippen MR) is 118 cm³/mol. The van der Waals surface area contributed by atoms with Gasteiger partial charge in [0.2, 0.25) is 0 Å². The van der Waals surface area contributed by atoms with Gasteiger partial charge in [-0.1, -0.05) is 35.4 Å². The van der Waals surface area contributed by atoms with Crippen LogP contribution in [0.3, 0.4) is 0 Å². The van der Waals surface area contributed by atoms with Gasteiger partial charge in [0.1, 0.15) is 0 Å². The maximum absolute atomic E-state index is 13.5. The maximum atomic E-state index is 13.5. The zero-order valence-electron chi connectivity index (χ0n) is 17.3. The fraction of sp³-hybridized carbons (Fsp3) is 0.409. The van der Waals surface area contributed by atoms with Crippen LogP contribution in [0, 0.1) is 6.92 Å². The Morgan fingerprint density at radius 2 is 1.91 bits per heavy atom. The van der Waals surface area contributed by atoms with E-state index in [1.165, 1.54) is 0 Å². The highest BCUT2D eigenvalue weighted by Gasteiger charge is 2.53. The molecule has 0 amide bonds. The molecule has 3 aromatic rings. The number of fused-ring (bicyclic) bond motifs is 1. The number of hydrogen-bond donors (Lipinski definition) is 0. The van der Waals surface area contributed by atoms with Gasteiger partial charge in [-0.25, -0.2) is 0 Å². The minimum Gasteiger partial charge on any atom is -0.349 e. The van der Waals surface area contributed by atoms with Crippen LogP contribution in [0.1, 0.15) is 31.2 Å². The van der Waals surface area contributed by atoms with Gasteiger partial charge in [-0.15, -0.1) is 5.10 Å². The molecule has 1 aromatic heterocycles. The van der Waals surface area contributed by atoms with Gasteiger partial charge >= 0.3 is 6.61 Å². The molecule has 6 nitrogen and oxygen atoms in total. The summed E-state index contributed by atoms with van der Waals surface area (Å²) in [6.07, 6.45) is 1.92. The Morgan fingerprint density at radius 1 is 1.19 bits per heavy atom. The number of piperidine rings is 1. The van der Waals surface area contributed by atoms with Gasteiger partial charge in [-0.2, -0.15) is 21.3 Å². The van der Waals surface area contributed by atoms with E-state index in [2.05, 4.69) is 5.10 Å². The van der Waals surface area contributed by atoms with Crippen LogP contribution in [0.15, 0.2) is 47.4 Å². The second kappa shape index (κ2) is 7.67. The molecule has 170 valence electrons. The summed E-state index contributed by atoms with van der Waals surface area (Å²) < 4.78 is 58.2. The maximum Gasteiger partial charge on any atom is 0.345 e. The molecule has 2 heterocycles. The summed E-state index contributed by atoms with van der Waals surface area (Å²) in [6.45, 7) is -0.496. The monoisotopic (exact) mass is 481 g/mol. The summed E-state index contributed by atoms with van der Waals surface area (Å²) in [5.74, 6) is 0.467. The Balaban J connectivity index is 1.61. The Hall–Kier alpha value is -2.23. The van der Waals surface area contributed by atoms with Crippen molar-refractivity contribution < 1.29 is 21.9 Å². The first-order valence-corrected chi connectivity index (χ1v) is 12.2. The van der Waals surface area contributed by atoms with E-state index in [9.17, 15) is 17.2 Å². The molecular formula is C22H22ClF2N3O3S. The summed E-state index contributed by atoms with van der Waals surface area (Å²) in [4.78, 5) is 2.16. The Kier molecular flexibility index (Phi) is 5.18. The Labute approximate surface area is 189 Å². The number of aromatic nitrogens is 2. The van der Waals surface area contributed by atoms with Gasteiger partial charge in [-0.05, 0) is 56.9 Å². The SMILES string of the molecule is Cc1ccc(S(=O)(=O)n2nc(N3CCC(OC(F)F)CC34CC4)c3c(Cl)cccc32)cc1. The minimum absolute atomic E-state index is 0.129. The van der Waals surface area contributed by atoms with E-state index in [4.69, 9.17) is 16.3 Å². The summed E-state index contributed by atoms with van der Waals surface area (Å²) in [5.41, 5.74) is 0.967. The quantitative estimate of drug-likeness (QED) is 0.514. The molecule has 1 spiro atoms. The molecule has 1 saturated heterocycles. The van der Waals surface area contributed by atoms with Crippen molar-refractivity contribution in [1.82, 2.24) is 9.19 Å². The van der Waals surface area contributed by atoms with Gasteiger partial charge in [0.25, 0.3) is 10.0 Å². The molecule has 0 N–H and O–H groups in total. The topological polar surface area (TPSA) is 64.4 Å². The molecule has 1 aliphatic carbocycles. The molecule has 1 aliphatic heterocycles. The van der Waals surface area contributed by atoms with E-state index in [-0.39, 0.29) is 10.4 Å². The zero-order valence-corrected chi connectivity index (χ0v) is 18.9. The number of alkyl halides is 2. The number of benzene rings is 2. The highest BCUT2D eigenvalue weighted by molar-refractivity contribution is 7.90. The predicted octanol–water partition coefficient (Wildman–Crippen LogP) is 4.98. The molecule has 2 aliphatic rings. The van der Waals surface area contributed by atoms with Crippen molar-refractivity contribution in [3.63, 3.8) is 0 Å². The lowest BCUT2D eigenvalue weighted by atomic mass is 9.96. The molecule has 10 heteroatoms. The molecule has 2 aromatic carbocycles. The fourth-order valence-electron chi connectivity index (χ4n) is 4.62. The Morgan fingerprint density at radius 3 is 2.56 bits per heavy atom. The number of hydrogen-bond acceptors (Lipinski definition) is 5. The summed E-state index contributed by atoms with van der Waals surface area (Å²) >= 11 is 6.52. The van der Waals surface area contributed by atoms with Gasteiger partial charge in [0.05, 0.1) is 26.9 Å². The molecule has 1 atom stereocenters. The van der Waals surface area contributed by atoms with Gasteiger partial charge in [0.15, 0.2) is 5.82 Å². The van der Waals surface area contributed by atoms with Crippen molar-refractivity contribution in [2.24, 2.45) is 0 Å². The smallest absolute Gasteiger partial charge is 0.345 e. The van der Waals surface area contributed by atoms with E-state index in [0.29, 0.717) is 41.1 Å². The van der Waals surface area contributed by atoms with Crippen LogP contribution in [0.2, 0.25) is 5.02 Å². The third-order valence-corrected chi connectivity index (χ3v) is 8.30. The second-order valence-electron chi connectivity index (χ2n) is 8.51. The highest BCUT2D eigenvalue weighted by atomic mass is 35.5. The average molecular weight is 482 g/mol. The van der Waals surface area contributed by atoms with Crippen LogP contribution in [0.5, 0.6) is 0 Å². The Bertz CT molecular complexity index is 1270. The number of aryl methyl sites for hydroxylation is 1. The van der Waals surface area contributed by atoms with Crippen molar-refractivity contribution in [3.8, 4) is 0 Å². The van der Waals surface area contributed by atoms with Crippen molar-refractivity contribution in [1.29, 1.82) is 0 Å². The zero-order chi connectivity index (χ0) is 22.7. The van der Waals surface area contributed by atoms with E-state index in [1.807, 2.05) is 11.8 Å². The first kappa shape index (κ1) is 21.6. The van der Waals surface area contributed by atoms with Crippen molar-refractivity contribution in [2.75, 3.05) is 11.4 Å². The molecular weight excluding hydrogens is 460 g/mol. The third-order valence-electron chi connectivity index (χ3n) is 6.39. The van der Waals surface area contributed by atoms with Crippen LogP contribution in [0.4, 0.5) is 14.6 Å². The van der Waals surface area contributed by atoms with Crippen LogP contribution in [0.25, 0.3) is 10.9 Å². The number of ether oxygens (including phenoxy) is 1. The largest absolute Gasteiger partial charge is 0.349 e. The molecule has 0 radical (unpaired) electrons. The van der Waals surface area contributed by atoms with Crippen molar-refractivity contribution >= 4 is 38.3 Å². The van der Waals surface area contributed by atoms with Crippen molar-refractivity contribution in [3.05, 3.63) is 53.1 Å². The van der Waals surface area contributed by atoms with E-state index in [1.54, 1.807) is 42.5 Å². The standard InChI is InChI=1S/C22H22ClF2N3O3S/c1-14-5-7-16(8-6-14)32(29,30)28-18-4-2-3-17(23)19(18)20(26-28)27-12-9-15(31-21(24)25)13-22(27)10-11-22/h2-8,15,21H,9-13H2,1H3. The first-order valence-electron chi connectivity index (χ1n) is 10.4. The molecule has 1 saturated carbocycles. The lowest BCUT2D eigenvalue weighted by molar-refractivity contribution is -0.169. The van der Waals surface area contributed by atoms with Crippen LogP contribution < -0.4 is 4.90 Å². The fourth-order valence-corrected chi connectivity index (χ4v) is 6.15.